The van der Waals surface area contributed by atoms with E-state index in [0.717, 1.165) is 24.3 Å². The molecule has 108 valence electrons. The Morgan fingerprint density at radius 3 is 2.71 bits per heavy atom. The molecule has 21 heavy (non-hydrogen) atoms. The average molecular weight is 304 g/mol. The minimum atomic E-state index is -0.282. The lowest BCUT2D eigenvalue weighted by molar-refractivity contribution is 0.629. The first-order chi connectivity index (χ1) is 10.1. The van der Waals surface area contributed by atoms with Gasteiger partial charge in [0, 0.05) is 25.0 Å². The molecule has 0 amide bonds. The number of imidazole rings is 1. The molecule has 3 nitrogen and oxygen atoms in total. The van der Waals surface area contributed by atoms with Gasteiger partial charge in [-0.2, -0.15) is 0 Å². The molecular formula is C16H15ClFN3. The topological polar surface area (TPSA) is 30.7 Å². The molecule has 0 saturated heterocycles. The lowest BCUT2D eigenvalue weighted by Gasteiger charge is -2.10. The summed E-state index contributed by atoms with van der Waals surface area (Å²) in [6.07, 6.45) is 4.41. The third-order valence-corrected chi connectivity index (χ3v) is 3.66. The monoisotopic (exact) mass is 303 g/mol. The van der Waals surface area contributed by atoms with Crippen molar-refractivity contribution >= 4 is 22.6 Å². The van der Waals surface area contributed by atoms with Crippen molar-refractivity contribution in [2.24, 2.45) is 0 Å². The second-order valence-electron chi connectivity index (χ2n) is 4.98. The standard InChI is InChI=1S/C16H15ClFN3/c1-11(17)16-20-14-10-13(18)2-3-15(14)21(16)9-6-12-4-7-19-8-5-12/h2-5,7-8,10-11H,6,9H2,1H3. The number of hydrogen-bond donors (Lipinski definition) is 0. The first-order valence-corrected chi connectivity index (χ1v) is 7.27. The maximum absolute atomic E-state index is 13.3. The number of halogens is 2. The van der Waals surface area contributed by atoms with Gasteiger partial charge in [0.1, 0.15) is 11.6 Å². The lowest BCUT2D eigenvalue weighted by Crippen LogP contribution is -2.07. The Labute approximate surface area is 127 Å². The summed E-state index contributed by atoms with van der Waals surface area (Å²) < 4.78 is 15.4. The van der Waals surface area contributed by atoms with Crippen LogP contribution in [-0.2, 0) is 13.0 Å². The summed E-state index contributed by atoms with van der Waals surface area (Å²) in [6, 6.07) is 8.63. The molecule has 0 N–H and O–H groups in total. The van der Waals surface area contributed by atoms with Gasteiger partial charge in [-0.15, -0.1) is 11.6 Å². The number of fused-ring (bicyclic) bond motifs is 1. The van der Waals surface area contributed by atoms with Gasteiger partial charge in [0.2, 0.25) is 0 Å². The summed E-state index contributed by atoms with van der Waals surface area (Å²) in [5.74, 6) is 0.487. The molecule has 0 radical (unpaired) electrons. The first-order valence-electron chi connectivity index (χ1n) is 6.84. The summed E-state index contributed by atoms with van der Waals surface area (Å²) >= 11 is 6.21. The van der Waals surface area contributed by atoms with Crippen LogP contribution in [0.5, 0.6) is 0 Å². The van der Waals surface area contributed by atoms with Gasteiger partial charge in [-0.25, -0.2) is 9.37 Å². The van der Waals surface area contributed by atoms with Crippen molar-refractivity contribution in [2.75, 3.05) is 0 Å². The van der Waals surface area contributed by atoms with E-state index in [1.807, 2.05) is 19.1 Å². The van der Waals surface area contributed by atoms with E-state index in [1.54, 1.807) is 18.5 Å². The van der Waals surface area contributed by atoms with Crippen LogP contribution in [0.3, 0.4) is 0 Å². The third kappa shape index (κ3) is 2.90. The Kier molecular flexibility index (Phi) is 3.88. The van der Waals surface area contributed by atoms with Crippen molar-refractivity contribution in [1.29, 1.82) is 0 Å². The molecule has 1 unspecified atom stereocenters. The molecule has 0 bridgehead atoms. The number of aromatic nitrogens is 3. The van der Waals surface area contributed by atoms with E-state index in [2.05, 4.69) is 14.5 Å². The van der Waals surface area contributed by atoms with Crippen LogP contribution in [0.2, 0.25) is 0 Å². The Morgan fingerprint density at radius 2 is 2.00 bits per heavy atom. The van der Waals surface area contributed by atoms with Crippen molar-refractivity contribution in [3.8, 4) is 0 Å². The van der Waals surface area contributed by atoms with Gasteiger partial charge in [0.15, 0.2) is 0 Å². The predicted octanol–water partition coefficient (Wildman–Crippen LogP) is 4.11. The normalized spacial score (nSPS) is 12.7. The summed E-state index contributed by atoms with van der Waals surface area (Å²) in [6.45, 7) is 2.63. The zero-order chi connectivity index (χ0) is 14.8. The van der Waals surface area contributed by atoms with Crippen LogP contribution in [0.15, 0.2) is 42.7 Å². The van der Waals surface area contributed by atoms with Gasteiger partial charge in [0.25, 0.3) is 0 Å². The third-order valence-electron chi connectivity index (χ3n) is 3.47. The predicted molar refractivity (Wildman–Crippen MR) is 81.9 cm³/mol. The first kappa shape index (κ1) is 14.0. The van der Waals surface area contributed by atoms with Gasteiger partial charge in [-0.1, -0.05) is 0 Å². The van der Waals surface area contributed by atoms with Crippen molar-refractivity contribution in [1.82, 2.24) is 14.5 Å². The zero-order valence-corrected chi connectivity index (χ0v) is 12.4. The van der Waals surface area contributed by atoms with Gasteiger partial charge in [-0.05, 0) is 43.2 Å². The number of nitrogens with zero attached hydrogens (tertiary/aromatic N) is 3. The zero-order valence-electron chi connectivity index (χ0n) is 11.6. The smallest absolute Gasteiger partial charge is 0.127 e. The fourth-order valence-electron chi connectivity index (χ4n) is 2.45. The molecule has 0 spiro atoms. The quantitative estimate of drug-likeness (QED) is 0.679. The fraction of sp³-hybridized carbons (Fsp3) is 0.250. The summed E-state index contributed by atoms with van der Waals surface area (Å²) in [7, 11) is 0. The molecule has 0 aliphatic heterocycles. The maximum Gasteiger partial charge on any atom is 0.127 e. The molecule has 1 atom stereocenters. The minimum absolute atomic E-state index is 0.224. The van der Waals surface area contributed by atoms with Crippen molar-refractivity contribution in [3.63, 3.8) is 0 Å². The molecular weight excluding hydrogens is 289 g/mol. The summed E-state index contributed by atoms with van der Waals surface area (Å²) in [5, 5.41) is -0.224. The maximum atomic E-state index is 13.3. The van der Waals surface area contributed by atoms with Crippen LogP contribution in [0.1, 0.15) is 23.7 Å². The van der Waals surface area contributed by atoms with Crippen molar-refractivity contribution < 1.29 is 4.39 Å². The van der Waals surface area contributed by atoms with Gasteiger partial charge >= 0.3 is 0 Å². The van der Waals surface area contributed by atoms with E-state index in [0.29, 0.717) is 5.52 Å². The number of aryl methyl sites for hydroxylation is 2. The molecule has 3 aromatic rings. The van der Waals surface area contributed by atoms with E-state index in [4.69, 9.17) is 11.6 Å². The minimum Gasteiger partial charge on any atom is -0.326 e. The number of pyridine rings is 1. The van der Waals surface area contributed by atoms with Crippen molar-refractivity contribution in [3.05, 3.63) is 59.9 Å². The number of benzene rings is 1. The van der Waals surface area contributed by atoms with Gasteiger partial charge in [-0.3, -0.25) is 4.98 Å². The molecule has 2 aromatic heterocycles. The van der Waals surface area contributed by atoms with E-state index in [9.17, 15) is 4.39 Å². The SMILES string of the molecule is CC(Cl)c1nc2cc(F)ccc2n1CCc1ccncc1. The van der Waals surface area contributed by atoms with Gasteiger partial charge in [0.05, 0.1) is 16.4 Å². The number of rotatable bonds is 4. The Bertz CT molecular complexity index is 753. The van der Waals surface area contributed by atoms with Crippen LogP contribution < -0.4 is 0 Å². The molecule has 2 heterocycles. The Morgan fingerprint density at radius 1 is 1.24 bits per heavy atom. The van der Waals surface area contributed by atoms with Crippen LogP contribution in [0.4, 0.5) is 4.39 Å². The highest BCUT2D eigenvalue weighted by atomic mass is 35.5. The molecule has 1 aromatic carbocycles. The number of hydrogen-bond acceptors (Lipinski definition) is 2. The molecule has 3 rings (SSSR count). The van der Waals surface area contributed by atoms with Crippen LogP contribution in [0.25, 0.3) is 11.0 Å². The lowest BCUT2D eigenvalue weighted by atomic mass is 10.2. The van der Waals surface area contributed by atoms with Crippen molar-refractivity contribution in [2.45, 2.75) is 25.3 Å². The molecule has 0 aliphatic carbocycles. The van der Waals surface area contributed by atoms with E-state index in [-0.39, 0.29) is 11.2 Å². The Hall–Kier alpha value is -1.94. The molecule has 0 aliphatic rings. The molecule has 0 fully saturated rings. The second kappa shape index (κ2) is 5.82. The largest absolute Gasteiger partial charge is 0.326 e. The molecule has 0 saturated carbocycles. The van der Waals surface area contributed by atoms with Crippen LogP contribution >= 0.6 is 11.6 Å². The van der Waals surface area contributed by atoms with Gasteiger partial charge < -0.3 is 4.57 Å². The second-order valence-corrected chi connectivity index (χ2v) is 5.63. The number of alkyl halides is 1. The highest BCUT2D eigenvalue weighted by Crippen LogP contribution is 2.25. The highest BCUT2D eigenvalue weighted by Gasteiger charge is 2.15. The fourth-order valence-corrected chi connectivity index (χ4v) is 2.62. The van der Waals surface area contributed by atoms with Crippen LogP contribution in [-0.4, -0.2) is 14.5 Å². The summed E-state index contributed by atoms with van der Waals surface area (Å²) in [4.78, 5) is 8.48. The van der Waals surface area contributed by atoms with E-state index in [1.165, 1.54) is 17.7 Å². The van der Waals surface area contributed by atoms with E-state index < -0.39 is 0 Å². The Balaban J connectivity index is 1.97. The van der Waals surface area contributed by atoms with E-state index >= 15 is 0 Å². The highest BCUT2D eigenvalue weighted by molar-refractivity contribution is 6.20. The molecule has 5 heteroatoms. The van der Waals surface area contributed by atoms with Crippen LogP contribution in [0, 0.1) is 5.82 Å². The average Bonchev–Trinajstić information content (AvgIpc) is 2.84. The summed E-state index contributed by atoms with van der Waals surface area (Å²) in [5.41, 5.74) is 2.75.